The average Bonchev–Trinajstić information content (AvgIpc) is 2.76. The van der Waals surface area contributed by atoms with Gasteiger partial charge in [0.05, 0.1) is 0 Å². The Hall–Kier alpha value is -2.09. The summed E-state index contributed by atoms with van der Waals surface area (Å²) in [6, 6.07) is 20.0. The predicted octanol–water partition coefficient (Wildman–Crippen LogP) is 3.56. The molecule has 1 heterocycles. The lowest BCUT2D eigenvalue weighted by Gasteiger charge is -2.34. The minimum atomic E-state index is -0.0425. The first-order valence-electron chi connectivity index (χ1n) is 10.1. The molecule has 0 unspecified atom stereocenters. The average molecular weight is 506 g/mol. The van der Waals surface area contributed by atoms with E-state index in [1.54, 1.807) is 0 Å². The lowest BCUT2D eigenvalue weighted by Crippen LogP contribution is -2.47. The molecule has 0 spiro atoms. The van der Waals surface area contributed by atoms with Crippen LogP contribution in [-0.2, 0) is 6.42 Å². The van der Waals surface area contributed by atoms with Gasteiger partial charge < -0.3 is 15.5 Å². The van der Waals surface area contributed by atoms with Crippen LogP contribution in [0.25, 0.3) is 0 Å². The molecule has 1 aliphatic rings. The smallest absolute Gasteiger partial charge is 0.251 e. The van der Waals surface area contributed by atoms with Gasteiger partial charge in [-0.05, 0) is 42.9 Å². The number of guanidine groups is 1. The number of halogens is 1. The van der Waals surface area contributed by atoms with Crippen LogP contribution in [0, 0.1) is 5.92 Å². The molecular weight excluding hydrogens is 475 g/mol. The van der Waals surface area contributed by atoms with Gasteiger partial charge in [-0.15, -0.1) is 24.0 Å². The molecule has 1 aliphatic heterocycles. The van der Waals surface area contributed by atoms with Gasteiger partial charge in [-0.2, -0.15) is 0 Å². The second-order valence-electron chi connectivity index (χ2n) is 7.22. The zero-order chi connectivity index (χ0) is 19.6. The minimum Gasteiger partial charge on any atom is -0.354 e. The number of benzene rings is 2. The van der Waals surface area contributed by atoms with Crippen LogP contribution >= 0.6 is 24.0 Å². The van der Waals surface area contributed by atoms with Gasteiger partial charge in [0.1, 0.15) is 0 Å². The van der Waals surface area contributed by atoms with Crippen LogP contribution in [0.4, 0.5) is 0 Å². The van der Waals surface area contributed by atoms with Crippen molar-refractivity contribution in [2.45, 2.75) is 19.3 Å². The van der Waals surface area contributed by atoms with Crippen LogP contribution < -0.4 is 10.6 Å². The first-order chi connectivity index (χ1) is 13.8. The summed E-state index contributed by atoms with van der Waals surface area (Å²) in [6.07, 6.45) is 3.52. The Bertz CT molecular complexity index is 759. The van der Waals surface area contributed by atoms with E-state index in [0.717, 1.165) is 31.4 Å². The summed E-state index contributed by atoms with van der Waals surface area (Å²) in [5.74, 6) is 1.62. The molecule has 2 aromatic rings. The van der Waals surface area contributed by atoms with Crippen LogP contribution in [0.15, 0.2) is 65.7 Å². The Balaban J connectivity index is 0.00000300. The third-order valence-electron chi connectivity index (χ3n) is 5.22. The van der Waals surface area contributed by atoms with E-state index in [2.05, 4.69) is 50.9 Å². The number of hydrogen-bond donors (Lipinski definition) is 2. The van der Waals surface area contributed by atoms with Crippen LogP contribution in [0.5, 0.6) is 0 Å². The Morgan fingerprint density at radius 1 is 0.966 bits per heavy atom. The van der Waals surface area contributed by atoms with Gasteiger partial charge in [0.25, 0.3) is 5.91 Å². The molecule has 0 aliphatic carbocycles. The van der Waals surface area contributed by atoms with Crippen molar-refractivity contribution < 1.29 is 4.79 Å². The number of hydrogen-bond acceptors (Lipinski definition) is 2. The van der Waals surface area contributed by atoms with E-state index < -0.39 is 0 Å². The quantitative estimate of drug-likeness (QED) is 0.273. The van der Waals surface area contributed by atoms with E-state index in [0.29, 0.717) is 18.7 Å². The van der Waals surface area contributed by atoms with E-state index in [4.69, 9.17) is 0 Å². The molecule has 1 amide bonds. The van der Waals surface area contributed by atoms with Gasteiger partial charge in [0.15, 0.2) is 5.96 Å². The van der Waals surface area contributed by atoms with Crippen molar-refractivity contribution in [2.24, 2.45) is 10.9 Å². The molecule has 0 radical (unpaired) electrons. The summed E-state index contributed by atoms with van der Waals surface area (Å²) in [5.41, 5.74) is 2.12. The highest BCUT2D eigenvalue weighted by Gasteiger charge is 2.21. The normalized spacial score (nSPS) is 14.8. The van der Waals surface area contributed by atoms with Crippen molar-refractivity contribution in [2.75, 3.05) is 33.2 Å². The van der Waals surface area contributed by atoms with E-state index in [1.165, 1.54) is 18.4 Å². The zero-order valence-electron chi connectivity index (χ0n) is 17.0. The van der Waals surface area contributed by atoms with Gasteiger partial charge in [0.2, 0.25) is 0 Å². The molecule has 156 valence electrons. The maximum atomic E-state index is 12.1. The summed E-state index contributed by atoms with van der Waals surface area (Å²) < 4.78 is 0. The zero-order valence-corrected chi connectivity index (χ0v) is 19.3. The van der Waals surface area contributed by atoms with Crippen LogP contribution in [0.2, 0.25) is 0 Å². The fourth-order valence-electron chi connectivity index (χ4n) is 3.67. The third kappa shape index (κ3) is 7.34. The van der Waals surface area contributed by atoms with Gasteiger partial charge in [-0.3, -0.25) is 9.79 Å². The lowest BCUT2D eigenvalue weighted by atomic mass is 9.90. The number of amides is 1. The second-order valence-corrected chi connectivity index (χ2v) is 7.22. The maximum Gasteiger partial charge on any atom is 0.251 e. The Kier molecular flexibility index (Phi) is 9.97. The molecular formula is C23H31IN4O. The molecule has 0 bridgehead atoms. The SMILES string of the molecule is CN=C(NCCNC(=O)c1ccccc1)N1CCC(Cc2ccccc2)CC1.I. The second kappa shape index (κ2) is 12.5. The monoisotopic (exact) mass is 506 g/mol. The molecule has 0 saturated carbocycles. The number of likely N-dealkylation sites (tertiary alicyclic amines) is 1. The summed E-state index contributed by atoms with van der Waals surface area (Å²) in [4.78, 5) is 18.8. The highest BCUT2D eigenvalue weighted by Crippen LogP contribution is 2.21. The molecule has 1 fully saturated rings. The van der Waals surface area contributed by atoms with E-state index >= 15 is 0 Å². The number of aliphatic imine (C=N–C) groups is 1. The molecule has 2 aromatic carbocycles. The van der Waals surface area contributed by atoms with Crippen molar-refractivity contribution in [1.82, 2.24) is 15.5 Å². The van der Waals surface area contributed by atoms with Gasteiger partial charge in [-0.25, -0.2) is 0 Å². The van der Waals surface area contributed by atoms with Crippen molar-refractivity contribution >= 4 is 35.8 Å². The predicted molar refractivity (Wildman–Crippen MR) is 130 cm³/mol. The first kappa shape index (κ1) is 23.2. The van der Waals surface area contributed by atoms with Gasteiger partial charge in [-0.1, -0.05) is 48.5 Å². The fourth-order valence-corrected chi connectivity index (χ4v) is 3.67. The highest BCUT2D eigenvalue weighted by atomic mass is 127. The van der Waals surface area contributed by atoms with Crippen LogP contribution in [0.3, 0.4) is 0 Å². The standard InChI is InChI=1S/C23H30N4O.HI/c1-24-23(26-15-14-25-22(28)21-10-6-3-7-11-21)27-16-12-20(13-17-27)18-19-8-4-2-5-9-19;/h2-11,20H,12-18H2,1H3,(H,24,26)(H,25,28);1H. The summed E-state index contributed by atoms with van der Waals surface area (Å²) in [7, 11) is 1.82. The first-order valence-corrected chi connectivity index (χ1v) is 10.1. The number of nitrogens with one attached hydrogen (secondary N) is 2. The molecule has 0 atom stereocenters. The summed E-state index contributed by atoms with van der Waals surface area (Å²) in [6.45, 7) is 3.27. The highest BCUT2D eigenvalue weighted by molar-refractivity contribution is 14.0. The lowest BCUT2D eigenvalue weighted by molar-refractivity contribution is 0.0954. The topological polar surface area (TPSA) is 56.7 Å². The summed E-state index contributed by atoms with van der Waals surface area (Å²) in [5, 5.41) is 6.31. The molecule has 29 heavy (non-hydrogen) atoms. The molecule has 1 saturated heterocycles. The molecule has 5 nitrogen and oxygen atoms in total. The van der Waals surface area contributed by atoms with E-state index in [1.807, 2.05) is 37.4 Å². The van der Waals surface area contributed by atoms with E-state index in [9.17, 15) is 4.79 Å². The van der Waals surface area contributed by atoms with Crippen LogP contribution in [-0.4, -0.2) is 50.0 Å². The fraction of sp³-hybridized carbons (Fsp3) is 0.391. The maximum absolute atomic E-state index is 12.1. The van der Waals surface area contributed by atoms with Gasteiger partial charge >= 0.3 is 0 Å². The number of piperidine rings is 1. The van der Waals surface area contributed by atoms with Crippen molar-refractivity contribution in [1.29, 1.82) is 0 Å². The number of carbonyl (C=O) groups is 1. The number of rotatable bonds is 6. The number of carbonyl (C=O) groups excluding carboxylic acids is 1. The third-order valence-corrected chi connectivity index (χ3v) is 5.22. The molecule has 3 rings (SSSR count). The van der Waals surface area contributed by atoms with Crippen molar-refractivity contribution in [3.63, 3.8) is 0 Å². The van der Waals surface area contributed by atoms with Crippen molar-refractivity contribution in [3.8, 4) is 0 Å². The Labute approximate surface area is 191 Å². The largest absolute Gasteiger partial charge is 0.354 e. The van der Waals surface area contributed by atoms with Gasteiger partial charge in [0, 0.05) is 38.8 Å². The minimum absolute atomic E-state index is 0. The Morgan fingerprint density at radius 3 is 2.17 bits per heavy atom. The molecule has 2 N–H and O–H groups in total. The number of nitrogens with zero attached hydrogens (tertiary/aromatic N) is 2. The Morgan fingerprint density at radius 2 is 1.55 bits per heavy atom. The van der Waals surface area contributed by atoms with Crippen LogP contribution in [0.1, 0.15) is 28.8 Å². The van der Waals surface area contributed by atoms with Crippen molar-refractivity contribution in [3.05, 3.63) is 71.8 Å². The summed E-state index contributed by atoms with van der Waals surface area (Å²) >= 11 is 0. The van der Waals surface area contributed by atoms with E-state index in [-0.39, 0.29) is 29.9 Å². The molecule has 0 aromatic heterocycles. The molecule has 6 heteroatoms.